The summed E-state index contributed by atoms with van der Waals surface area (Å²) in [7, 11) is 1.75. The van der Waals surface area contributed by atoms with Crippen LogP contribution in [-0.4, -0.2) is 13.2 Å². The zero-order chi connectivity index (χ0) is 5.11. The summed E-state index contributed by atoms with van der Waals surface area (Å²) in [6.45, 7) is 0. The lowest BCUT2D eigenvalue weighted by Gasteiger charge is -2.00. The Bertz CT molecular complexity index is 76.2. The fraction of sp³-hybridized carbons (Fsp3) is 0.667. The van der Waals surface area contributed by atoms with Crippen LogP contribution in [0, 0.1) is 0 Å². The van der Waals surface area contributed by atoms with Crippen LogP contribution in [0.15, 0.2) is 12.2 Å². The first kappa shape index (κ1) is 4.85. The molecule has 0 aromatic rings. The molecule has 0 bridgehead atoms. The molecule has 0 heterocycles. The standard InChI is InChI=1S/C6H10O/c1-7-6-4-2-3-5-6/h2,4,6H,3,5H2,1H3. The fourth-order valence-corrected chi connectivity index (χ4v) is 0.801. The second-order valence-corrected chi connectivity index (χ2v) is 1.78. The second-order valence-electron chi connectivity index (χ2n) is 1.78. The van der Waals surface area contributed by atoms with Crippen molar-refractivity contribution in [2.24, 2.45) is 0 Å². The highest BCUT2D eigenvalue weighted by Gasteiger charge is 2.04. The van der Waals surface area contributed by atoms with E-state index < -0.39 is 0 Å². The monoisotopic (exact) mass is 98.1 g/mol. The molecule has 0 saturated carbocycles. The summed E-state index contributed by atoms with van der Waals surface area (Å²) in [5, 5.41) is 0. The molecular formula is C6H10O. The molecule has 0 aliphatic heterocycles. The van der Waals surface area contributed by atoms with E-state index in [9.17, 15) is 0 Å². The van der Waals surface area contributed by atoms with Gasteiger partial charge in [-0.05, 0) is 12.8 Å². The van der Waals surface area contributed by atoms with Gasteiger partial charge in [-0.25, -0.2) is 0 Å². The molecule has 1 atom stereocenters. The van der Waals surface area contributed by atoms with E-state index in [1.54, 1.807) is 7.11 Å². The Morgan fingerprint density at radius 2 is 2.57 bits per heavy atom. The summed E-state index contributed by atoms with van der Waals surface area (Å²) in [6, 6.07) is 0. The van der Waals surface area contributed by atoms with Gasteiger partial charge in [-0.2, -0.15) is 0 Å². The van der Waals surface area contributed by atoms with E-state index in [-0.39, 0.29) is 0 Å². The maximum atomic E-state index is 5.02. The third kappa shape index (κ3) is 1.03. The number of ether oxygens (including phenoxy) is 1. The lowest BCUT2D eigenvalue weighted by molar-refractivity contribution is 0.141. The average Bonchev–Trinajstić information content (AvgIpc) is 2.14. The first-order chi connectivity index (χ1) is 3.43. The van der Waals surface area contributed by atoms with Crippen LogP contribution in [0.2, 0.25) is 0 Å². The molecule has 0 saturated heterocycles. The van der Waals surface area contributed by atoms with Crippen molar-refractivity contribution in [1.82, 2.24) is 0 Å². The van der Waals surface area contributed by atoms with Gasteiger partial charge in [0.05, 0.1) is 6.10 Å². The number of allylic oxidation sites excluding steroid dienone is 1. The van der Waals surface area contributed by atoms with Crippen LogP contribution in [0.5, 0.6) is 0 Å². The molecule has 7 heavy (non-hydrogen) atoms. The lowest BCUT2D eigenvalue weighted by atomic mass is 10.3. The van der Waals surface area contributed by atoms with E-state index in [4.69, 9.17) is 4.74 Å². The zero-order valence-electron chi connectivity index (χ0n) is 4.55. The molecule has 0 aromatic heterocycles. The average molecular weight is 98.1 g/mol. The molecule has 1 aliphatic rings. The van der Waals surface area contributed by atoms with E-state index in [2.05, 4.69) is 12.2 Å². The molecule has 0 fully saturated rings. The summed E-state index contributed by atoms with van der Waals surface area (Å²) in [5.41, 5.74) is 0. The molecule has 0 N–H and O–H groups in total. The molecule has 0 radical (unpaired) electrons. The van der Waals surface area contributed by atoms with Crippen molar-refractivity contribution in [3.63, 3.8) is 0 Å². The molecule has 1 nitrogen and oxygen atoms in total. The highest BCUT2D eigenvalue weighted by Crippen LogP contribution is 2.10. The van der Waals surface area contributed by atoms with Crippen molar-refractivity contribution in [1.29, 1.82) is 0 Å². The third-order valence-electron chi connectivity index (χ3n) is 1.27. The Labute approximate surface area is 44.0 Å². The molecule has 1 rings (SSSR count). The van der Waals surface area contributed by atoms with Crippen molar-refractivity contribution in [3.8, 4) is 0 Å². The van der Waals surface area contributed by atoms with Gasteiger partial charge in [0.2, 0.25) is 0 Å². The third-order valence-corrected chi connectivity index (χ3v) is 1.27. The minimum Gasteiger partial charge on any atom is -0.377 e. The highest BCUT2D eigenvalue weighted by molar-refractivity contribution is 4.96. The largest absolute Gasteiger partial charge is 0.377 e. The second kappa shape index (κ2) is 2.12. The summed E-state index contributed by atoms with van der Waals surface area (Å²) in [6.07, 6.45) is 7.06. The maximum absolute atomic E-state index is 5.02. The highest BCUT2D eigenvalue weighted by atomic mass is 16.5. The predicted molar refractivity (Wildman–Crippen MR) is 29.2 cm³/mol. The van der Waals surface area contributed by atoms with Crippen LogP contribution >= 0.6 is 0 Å². The van der Waals surface area contributed by atoms with Gasteiger partial charge in [0, 0.05) is 7.11 Å². The Kier molecular flexibility index (Phi) is 1.47. The van der Waals surface area contributed by atoms with Gasteiger partial charge in [-0.15, -0.1) is 0 Å². The van der Waals surface area contributed by atoms with Gasteiger partial charge in [0.15, 0.2) is 0 Å². The Hall–Kier alpha value is -0.300. The van der Waals surface area contributed by atoms with E-state index >= 15 is 0 Å². The molecule has 1 unspecified atom stereocenters. The maximum Gasteiger partial charge on any atom is 0.0755 e. The lowest BCUT2D eigenvalue weighted by Crippen LogP contribution is -2.00. The summed E-state index contributed by atoms with van der Waals surface area (Å²) in [5.74, 6) is 0. The fourth-order valence-electron chi connectivity index (χ4n) is 0.801. The normalized spacial score (nSPS) is 29.0. The molecule has 40 valence electrons. The molecule has 1 heteroatoms. The van der Waals surface area contributed by atoms with Crippen LogP contribution in [0.25, 0.3) is 0 Å². The molecule has 0 aromatic carbocycles. The molecular weight excluding hydrogens is 88.1 g/mol. The van der Waals surface area contributed by atoms with Crippen molar-refractivity contribution < 1.29 is 4.74 Å². The van der Waals surface area contributed by atoms with E-state index in [0.717, 1.165) is 0 Å². The molecule has 1 aliphatic carbocycles. The summed E-state index contributed by atoms with van der Waals surface area (Å²) in [4.78, 5) is 0. The number of hydrogen-bond donors (Lipinski definition) is 0. The Morgan fingerprint density at radius 3 is 2.86 bits per heavy atom. The van der Waals surface area contributed by atoms with E-state index in [1.165, 1.54) is 12.8 Å². The first-order valence-electron chi connectivity index (χ1n) is 2.63. The quantitative estimate of drug-likeness (QED) is 0.450. The Balaban J connectivity index is 2.28. The van der Waals surface area contributed by atoms with Crippen LogP contribution in [0.1, 0.15) is 12.8 Å². The van der Waals surface area contributed by atoms with Crippen LogP contribution in [-0.2, 0) is 4.74 Å². The van der Waals surface area contributed by atoms with Gasteiger partial charge in [0.1, 0.15) is 0 Å². The Morgan fingerprint density at radius 1 is 1.71 bits per heavy atom. The number of methoxy groups -OCH3 is 1. The predicted octanol–water partition coefficient (Wildman–Crippen LogP) is 1.35. The van der Waals surface area contributed by atoms with Crippen LogP contribution in [0.4, 0.5) is 0 Å². The van der Waals surface area contributed by atoms with Crippen molar-refractivity contribution in [2.75, 3.05) is 7.11 Å². The van der Waals surface area contributed by atoms with Gasteiger partial charge in [-0.1, -0.05) is 12.2 Å². The van der Waals surface area contributed by atoms with Crippen molar-refractivity contribution in [3.05, 3.63) is 12.2 Å². The van der Waals surface area contributed by atoms with Gasteiger partial charge in [-0.3, -0.25) is 0 Å². The summed E-state index contributed by atoms with van der Waals surface area (Å²) >= 11 is 0. The summed E-state index contributed by atoms with van der Waals surface area (Å²) < 4.78 is 5.02. The van der Waals surface area contributed by atoms with Gasteiger partial charge in [0.25, 0.3) is 0 Å². The minimum absolute atomic E-state index is 0.417. The van der Waals surface area contributed by atoms with Gasteiger partial charge < -0.3 is 4.74 Å². The van der Waals surface area contributed by atoms with Crippen LogP contribution < -0.4 is 0 Å². The smallest absolute Gasteiger partial charge is 0.0755 e. The number of hydrogen-bond acceptors (Lipinski definition) is 1. The van der Waals surface area contributed by atoms with E-state index in [1.807, 2.05) is 0 Å². The van der Waals surface area contributed by atoms with E-state index in [0.29, 0.717) is 6.10 Å². The first-order valence-corrected chi connectivity index (χ1v) is 2.63. The topological polar surface area (TPSA) is 9.23 Å². The van der Waals surface area contributed by atoms with Gasteiger partial charge >= 0.3 is 0 Å². The molecule has 0 amide bonds. The SMILES string of the molecule is COC1C=CCC1. The van der Waals surface area contributed by atoms with Crippen molar-refractivity contribution in [2.45, 2.75) is 18.9 Å². The number of rotatable bonds is 1. The zero-order valence-corrected chi connectivity index (χ0v) is 4.55. The molecule has 0 spiro atoms. The van der Waals surface area contributed by atoms with Crippen molar-refractivity contribution >= 4 is 0 Å². The minimum atomic E-state index is 0.417. The van der Waals surface area contributed by atoms with Crippen LogP contribution in [0.3, 0.4) is 0 Å².